The zero-order chi connectivity index (χ0) is 14.4. The smallest absolute Gasteiger partial charge is 0.387 e. The molecule has 1 N–H and O–H groups in total. The Labute approximate surface area is 118 Å². The highest BCUT2D eigenvalue weighted by Gasteiger charge is 2.20. The third-order valence-electron chi connectivity index (χ3n) is 3.73. The summed E-state index contributed by atoms with van der Waals surface area (Å²) in [7, 11) is 0. The first-order chi connectivity index (χ1) is 9.67. The van der Waals surface area contributed by atoms with Crippen LogP contribution in [0.3, 0.4) is 0 Å². The first-order valence-corrected chi connectivity index (χ1v) is 7.14. The molecular formula is C15H22F2N2O. The minimum absolute atomic E-state index is 0.207. The molecule has 0 amide bonds. The van der Waals surface area contributed by atoms with Gasteiger partial charge in [0.1, 0.15) is 5.75 Å². The topological polar surface area (TPSA) is 24.5 Å². The number of benzene rings is 1. The van der Waals surface area contributed by atoms with E-state index in [9.17, 15) is 8.78 Å². The normalized spacial score (nSPS) is 19.7. The van der Waals surface area contributed by atoms with E-state index in [1.807, 2.05) is 12.1 Å². The molecule has 0 aromatic heterocycles. The molecule has 0 spiro atoms. The van der Waals surface area contributed by atoms with Crippen LogP contribution in [-0.2, 0) is 6.54 Å². The first-order valence-electron chi connectivity index (χ1n) is 7.14. The van der Waals surface area contributed by atoms with Gasteiger partial charge in [-0.1, -0.05) is 19.1 Å². The standard InChI is InChI=1S/C15H22F2N2O/c1-2-19-8-7-13(11-19)10-18-9-12-3-5-14(6-4-12)20-15(16)17/h3-6,13,15,18H,2,7-11H2,1H3. The number of ether oxygens (including phenoxy) is 1. The van der Waals surface area contributed by atoms with E-state index in [2.05, 4.69) is 21.9 Å². The molecule has 1 heterocycles. The predicted octanol–water partition coefficient (Wildman–Crippen LogP) is 2.72. The van der Waals surface area contributed by atoms with Crippen molar-refractivity contribution in [1.29, 1.82) is 0 Å². The van der Waals surface area contributed by atoms with Crippen LogP contribution in [0, 0.1) is 5.92 Å². The Morgan fingerprint density at radius 3 is 2.70 bits per heavy atom. The van der Waals surface area contributed by atoms with Gasteiger partial charge >= 0.3 is 6.61 Å². The van der Waals surface area contributed by atoms with Crippen molar-refractivity contribution >= 4 is 0 Å². The van der Waals surface area contributed by atoms with Crippen molar-refractivity contribution in [2.24, 2.45) is 5.92 Å². The minimum atomic E-state index is -2.76. The Morgan fingerprint density at radius 1 is 1.35 bits per heavy atom. The molecule has 112 valence electrons. The van der Waals surface area contributed by atoms with Gasteiger partial charge in [0.05, 0.1) is 0 Å². The fraction of sp³-hybridized carbons (Fsp3) is 0.600. The maximum Gasteiger partial charge on any atom is 0.387 e. The number of alkyl halides is 2. The highest BCUT2D eigenvalue weighted by molar-refractivity contribution is 5.27. The van der Waals surface area contributed by atoms with Crippen molar-refractivity contribution in [3.05, 3.63) is 29.8 Å². The summed E-state index contributed by atoms with van der Waals surface area (Å²) in [5.41, 5.74) is 1.08. The van der Waals surface area contributed by atoms with Crippen LogP contribution in [0.5, 0.6) is 5.75 Å². The van der Waals surface area contributed by atoms with Gasteiger partial charge in [-0.05, 0) is 49.7 Å². The fourth-order valence-corrected chi connectivity index (χ4v) is 2.58. The Balaban J connectivity index is 1.69. The van der Waals surface area contributed by atoms with Crippen molar-refractivity contribution < 1.29 is 13.5 Å². The van der Waals surface area contributed by atoms with Gasteiger partial charge in [-0.3, -0.25) is 0 Å². The quantitative estimate of drug-likeness (QED) is 0.833. The van der Waals surface area contributed by atoms with Crippen molar-refractivity contribution in [3.8, 4) is 5.75 Å². The van der Waals surface area contributed by atoms with Crippen LogP contribution in [0.15, 0.2) is 24.3 Å². The molecule has 5 heteroatoms. The zero-order valence-electron chi connectivity index (χ0n) is 11.8. The van der Waals surface area contributed by atoms with Gasteiger partial charge in [0.25, 0.3) is 0 Å². The lowest BCUT2D eigenvalue weighted by Crippen LogP contribution is -2.26. The number of rotatable bonds is 7. The second kappa shape index (κ2) is 7.55. The van der Waals surface area contributed by atoms with Gasteiger partial charge in [0, 0.05) is 13.1 Å². The van der Waals surface area contributed by atoms with Gasteiger partial charge in [0.15, 0.2) is 0 Å². The number of hydrogen-bond donors (Lipinski definition) is 1. The molecule has 3 nitrogen and oxygen atoms in total. The molecule has 1 saturated heterocycles. The lowest BCUT2D eigenvalue weighted by Gasteiger charge is -2.14. The molecule has 0 bridgehead atoms. The SMILES string of the molecule is CCN1CCC(CNCc2ccc(OC(F)F)cc2)C1. The van der Waals surface area contributed by atoms with Gasteiger partial charge in [0.2, 0.25) is 0 Å². The van der Waals surface area contributed by atoms with E-state index in [1.165, 1.54) is 19.5 Å². The molecule has 1 atom stereocenters. The molecule has 0 saturated carbocycles. The molecule has 0 aliphatic carbocycles. The van der Waals surface area contributed by atoms with E-state index in [-0.39, 0.29) is 5.75 Å². The summed E-state index contributed by atoms with van der Waals surface area (Å²) in [6.45, 7) is 4.69. The lowest BCUT2D eigenvalue weighted by molar-refractivity contribution is -0.0498. The van der Waals surface area contributed by atoms with Crippen LogP contribution in [0.25, 0.3) is 0 Å². The molecule has 1 aromatic rings. The predicted molar refractivity (Wildman–Crippen MR) is 75.0 cm³/mol. The molecule has 20 heavy (non-hydrogen) atoms. The number of halogens is 2. The Kier molecular flexibility index (Phi) is 5.73. The van der Waals surface area contributed by atoms with Crippen LogP contribution < -0.4 is 10.1 Å². The van der Waals surface area contributed by atoms with Gasteiger partial charge in [-0.2, -0.15) is 8.78 Å². The summed E-state index contributed by atoms with van der Waals surface area (Å²) < 4.78 is 28.4. The molecular weight excluding hydrogens is 262 g/mol. The number of nitrogens with zero attached hydrogens (tertiary/aromatic N) is 1. The van der Waals surface area contributed by atoms with E-state index < -0.39 is 6.61 Å². The Morgan fingerprint density at radius 2 is 2.10 bits per heavy atom. The van der Waals surface area contributed by atoms with E-state index in [0.29, 0.717) is 0 Å². The summed E-state index contributed by atoms with van der Waals surface area (Å²) in [6.07, 6.45) is 1.25. The van der Waals surface area contributed by atoms with E-state index in [4.69, 9.17) is 0 Å². The van der Waals surface area contributed by atoms with Gasteiger partial charge < -0.3 is 15.0 Å². The molecule has 1 fully saturated rings. The summed E-state index contributed by atoms with van der Waals surface area (Å²) in [4.78, 5) is 2.46. The molecule has 1 aromatic carbocycles. The summed E-state index contributed by atoms with van der Waals surface area (Å²) in [5, 5.41) is 3.43. The maximum absolute atomic E-state index is 12.0. The van der Waals surface area contributed by atoms with Crippen LogP contribution in [0.1, 0.15) is 18.9 Å². The third kappa shape index (κ3) is 4.72. The average Bonchev–Trinajstić information content (AvgIpc) is 2.88. The van der Waals surface area contributed by atoms with Crippen LogP contribution in [0.4, 0.5) is 8.78 Å². The fourth-order valence-electron chi connectivity index (χ4n) is 2.58. The van der Waals surface area contributed by atoms with Crippen LogP contribution in [-0.4, -0.2) is 37.7 Å². The van der Waals surface area contributed by atoms with E-state index >= 15 is 0 Å². The lowest BCUT2D eigenvalue weighted by atomic mass is 10.1. The average molecular weight is 284 g/mol. The zero-order valence-corrected chi connectivity index (χ0v) is 11.8. The largest absolute Gasteiger partial charge is 0.435 e. The molecule has 1 aliphatic heterocycles. The Hall–Kier alpha value is -1.20. The number of likely N-dealkylation sites (tertiary alicyclic amines) is 1. The summed E-state index contributed by atoms with van der Waals surface area (Å²) >= 11 is 0. The number of nitrogens with one attached hydrogen (secondary N) is 1. The Bertz CT molecular complexity index is 397. The second-order valence-electron chi connectivity index (χ2n) is 5.20. The molecule has 0 radical (unpaired) electrons. The second-order valence-corrected chi connectivity index (χ2v) is 5.20. The highest BCUT2D eigenvalue weighted by atomic mass is 19.3. The van der Waals surface area contributed by atoms with E-state index in [0.717, 1.165) is 31.1 Å². The third-order valence-corrected chi connectivity index (χ3v) is 3.73. The van der Waals surface area contributed by atoms with Crippen LogP contribution in [0.2, 0.25) is 0 Å². The van der Waals surface area contributed by atoms with E-state index in [1.54, 1.807) is 12.1 Å². The minimum Gasteiger partial charge on any atom is -0.435 e. The monoisotopic (exact) mass is 284 g/mol. The highest BCUT2D eigenvalue weighted by Crippen LogP contribution is 2.16. The molecule has 2 rings (SSSR count). The van der Waals surface area contributed by atoms with Crippen molar-refractivity contribution in [1.82, 2.24) is 10.2 Å². The van der Waals surface area contributed by atoms with Gasteiger partial charge in [-0.25, -0.2) is 0 Å². The van der Waals surface area contributed by atoms with Crippen molar-refractivity contribution in [2.45, 2.75) is 26.5 Å². The van der Waals surface area contributed by atoms with Gasteiger partial charge in [-0.15, -0.1) is 0 Å². The van der Waals surface area contributed by atoms with Crippen molar-refractivity contribution in [3.63, 3.8) is 0 Å². The molecule has 1 unspecified atom stereocenters. The van der Waals surface area contributed by atoms with Crippen LogP contribution >= 0.6 is 0 Å². The maximum atomic E-state index is 12.0. The summed E-state index contributed by atoms with van der Waals surface area (Å²) in [5.74, 6) is 0.925. The van der Waals surface area contributed by atoms with Crippen molar-refractivity contribution in [2.75, 3.05) is 26.2 Å². The molecule has 1 aliphatic rings. The number of hydrogen-bond acceptors (Lipinski definition) is 3. The first kappa shape index (κ1) is 15.2. The summed E-state index contributed by atoms with van der Waals surface area (Å²) in [6, 6.07) is 6.80.